The molecule has 2 aromatic carbocycles. The van der Waals surface area contributed by atoms with Gasteiger partial charge in [-0.1, -0.05) is 30.3 Å². The van der Waals surface area contributed by atoms with Crippen LogP contribution in [-0.2, 0) is 18.2 Å². The van der Waals surface area contributed by atoms with Crippen molar-refractivity contribution in [2.75, 3.05) is 0 Å². The number of phenols is 1. The van der Waals surface area contributed by atoms with Gasteiger partial charge in [0.15, 0.2) is 0 Å². The molecule has 2 rings (SSSR count). The monoisotopic (exact) mass is 420 g/mol. The van der Waals surface area contributed by atoms with Crippen LogP contribution in [0.3, 0.4) is 0 Å². The minimum atomic E-state index is -2.13. The van der Waals surface area contributed by atoms with Crippen molar-refractivity contribution in [1.29, 1.82) is 0 Å². The molecule has 0 aliphatic carbocycles. The van der Waals surface area contributed by atoms with Crippen molar-refractivity contribution in [3.05, 3.63) is 59.2 Å². The molecule has 0 saturated heterocycles. The fourth-order valence-electron chi connectivity index (χ4n) is 1.63. The summed E-state index contributed by atoms with van der Waals surface area (Å²) < 4.78 is 0. The zero-order valence-corrected chi connectivity index (χ0v) is 16.4. The van der Waals surface area contributed by atoms with Crippen LogP contribution < -0.4 is 0 Å². The van der Waals surface area contributed by atoms with E-state index >= 15 is 0 Å². The topological polar surface area (TPSA) is 32.6 Å². The minimum absolute atomic E-state index is 0.296. The van der Waals surface area contributed by atoms with Crippen molar-refractivity contribution in [2.24, 2.45) is 4.99 Å². The van der Waals surface area contributed by atoms with Gasteiger partial charge in [0.2, 0.25) is 0 Å². The number of aryl methyl sites for hydroxylation is 2. The summed E-state index contributed by atoms with van der Waals surface area (Å²) in [6.45, 7) is 3.89. The van der Waals surface area contributed by atoms with Crippen LogP contribution in [0.5, 0.6) is 5.75 Å². The maximum atomic E-state index is 9.85. The first-order chi connectivity index (χ1) is 9.91. The van der Waals surface area contributed by atoms with E-state index in [9.17, 15) is 5.11 Å². The molecule has 0 atom stereocenters. The van der Waals surface area contributed by atoms with Crippen LogP contribution in [-0.4, -0.2) is 11.3 Å². The Morgan fingerprint density at radius 3 is 2.14 bits per heavy atom. The van der Waals surface area contributed by atoms with E-state index in [1.54, 1.807) is 6.21 Å². The van der Waals surface area contributed by atoms with Crippen molar-refractivity contribution in [3.8, 4) is 5.75 Å². The van der Waals surface area contributed by atoms with Gasteiger partial charge in [0.05, 0.1) is 5.69 Å². The van der Waals surface area contributed by atoms with Crippen LogP contribution in [0.1, 0.15) is 16.7 Å². The number of nitrogens with zero attached hydrogens (tertiary/aromatic N) is 1. The molecular formula is C15H15Cl3NOZr. The SMILES string of the molecule is Cc1ccccc1N=Cc1cccc(C)c1O.[Cl][Zr]([Cl])[Cl]. The first-order valence-corrected chi connectivity index (χ1v) is 15.6. The molecule has 2 nitrogen and oxygen atoms in total. The molecule has 0 bridgehead atoms. The van der Waals surface area contributed by atoms with Gasteiger partial charge in [-0.3, -0.25) is 4.99 Å². The molecule has 0 saturated carbocycles. The van der Waals surface area contributed by atoms with Crippen LogP contribution in [0.15, 0.2) is 47.5 Å². The molecule has 2 aromatic rings. The molecule has 1 N–H and O–H groups in total. The molecule has 0 fully saturated rings. The maximum absolute atomic E-state index is 9.85. The predicted molar refractivity (Wildman–Crippen MR) is 88.8 cm³/mol. The van der Waals surface area contributed by atoms with Gasteiger partial charge in [-0.15, -0.1) is 0 Å². The molecule has 21 heavy (non-hydrogen) atoms. The second-order valence-electron chi connectivity index (χ2n) is 4.27. The first-order valence-electron chi connectivity index (χ1n) is 6.13. The summed E-state index contributed by atoms with van der Waals surface area (Å²) in [6, 6.07) is 13.6. The van der Waals surface area contributed by atoms with Gasteiger partial charge >= 0.3 is 43.7 Å². The molecule has 6 heteroatoms. The Labute approximate surface area is 143 Å². The zero-order chi connectivity index (χ0) is 15.8. The van der Waals surface area contributed by atoms with Crippen LogP contribution in [0.4, 0.5) is 5.69 Å². The van der Waals surface area contributed by atoms with Crippen molar-refractivity contribution in [2.45, 2.75) is 13.8 Å². The summed E-state index contributed by atoms with van der Waals surface area (Å²) in [5, 5.41) is 9.85. The van der Waals surface area contributed by atoms with E-state index in [-0.39, 0.29) is 0 Å². The summed E-state index contributed by atoms with van der Waals surface area (Å²) in [6.07, 6.45) is 1.70. The predicted octanol–water partition coefficient (Wildman–Crippen LogP) is 5.83. The van der Waals surface area contributed by atoms with Gasteiger partial charge in [0.1, 0.15) is 5.75 Å². The Morgan fingerprint density at radius 1 is 0.952 bits per heavy atom. The number of aliphatic imine (C=N–C) groups is 1. The van der Waals surface area contributed by atoms with Gasteiger partial charge in [-0.05, 0) is 37.1 Å². The van der Waals surface area contributed by atoms with Crippen LogP contribution in [0.25, 0.3) is 0 Å². The number of para-hydroxylation sites is 2. The Hall–Kier alpha value is -0.337. The molecule has 0 radical (unpaired) electrons. The van der Waals surface area contributed by atoms with E-state index in [1.807, 2.05) is 56.3 Å². The summed E-state index contributed by atoms with van der Waals surface area (Å²) >= 11 is -2.13. The van der Waals surface area contributed by atoms with Crippen molar-refractivity contribution in [3.63, 3.8) is 0 Å². The normalized spacial score (nSPS) is 10.1. The third-order valence-electron chi connectivity index (χ3n) is 2.73. The number of hydrogen-bond donors (Lipinski definition) is 1. The van der Waals surface area contributed by atoms with E-state index in [0.29, 0.717) is 5.75 Å². The first kappa shape index (κ1) is 18.7. The van der Waals surface area contributed by atoms with E-state index in [4.69, 9.17) is 25.5 Å². The molecule has 0 aliphatic rings. The van der Waals surface area contributed by atoms with E-state index in [1.165, 1.54) is 0 Å². The van der Waals surface area contributed by atoms with Crippen molar-refractivity contribution < 1.29 is 23.3 Å². The van der Waals surface area contributed by atoms with Gasteiger partial charge in [0, 0.05) is 11.8 Å². The van der Waals surface area contributed by atoms with E-state index in [0.717, 1.165) is 22.4 Å². The summed E-state index contributed by atoms with van der Waals surface area (Å²) in [4.78, 5) is 4.39. The van der Waals surface area contributed by atoms with E-state index in [2.05, 4.69) is 4.99 Å². The standard InChI is InChI=1S/C15H15NO.3ClH.Zr/c1-11-6-3-4-9-14(11)16-10-13-8-5-7-12(2)15(13)17;;;;/h3-10,17H,1-2H3;3*1H;/q;;;;+3/p-3. The van der Waals surface area contributed by atoms with Gasteiger partial charge in [-0.25, -0.2) is 0 Å². The molecule has 111 valence electrons. The molecule has 0 aliphatic heterocycles. The molecular weight excluding hydrogens is 408 g/mol. The number of benzene rings is 2. The van der Waals surface area contributed by atoms with Gasteiger partial charge in [-0.2, -0.15) is 0 Å². The summed E-state index contributed by atoms with van der Waals surface area (Å²) in [7, 11) is 15.0. The number of hydrogen-bond acceptors (Lipinski definition) is 2. The Kier molecular flexibility index (Phi) is 8.58. The summed E-state index contributed by atoms with van der Waals surface area (Å²) in [5.41, 5.74) is 3.65. The van der Waals surface area contributed by atoms with Gasteiger partial charge in [0.25, 0.3) is 0 Å². The Bertz CT molecular complexity index is 615. The van der Waals surface area contributed by atoms with Gasteiger partial charge < -0.3 is 5.11 Å². The fourth-order valence-corrected chi connectivity index (χ4v) is 1.63. The van der Waals surface area contributed by atoms with Crippen LogP contribution in [0, 0.1) is 13.8 Å². The molecule has 0 heterocycles. The molecule has 0 unspecified atom stereocenters. The molecule has 0 amide bonds. The zero-order valence-electron chi connectivity index (χ0n) is 11.6. The Morgan fingerprint density at radius 2 is 1.52 bits per heavy atom. The van der Waals surface area contributed by atoms with Crippen molar-refractivity contribution >= 4 is 37.4 Å². The third kappa shape index (κ3) is 6.97. The average Bonchev–Trinajstić information content (AvgIpc) is 2.41. The van der Waals surface area contributed by atoms with E-state index < -0.39 is 18.2 Å². The summed E-state index contributed by atoms with van der Waals surface area (Å²) in [5.74, 6) is 0.296. The number of rotatable bonds is 2. The second-order valence-corrected chi connectivity index (χ2v) is 15.5. The fraction of sp³-hybridized carbons (Fsp3) is 0.133. The third-order valence-corrected chi connectivity index (χ3v) is 2.73. The molecule has 0 aromatic heterocycles. The molecule has 0 spiro atoms. The number of aromatic hydroxyl groups is 1. The average molecular weight is 423 g/mol. The van der Waals surface area contributed by atoms with Crippen LogP contribution >= 0.6 is 25.5 Å². The quantitative estimate of drug-likeness (QED) is 0.607. The second kappa shape index (κ2) is 9.63. The number of halogens is 3. The van der Waals surface area contributed by atoms with Crippen LogP contribution in [0.2, 0.25) is 0 Å². The van der Waals surface area contributed by atoms with Crippen molar-refractivity contribution in [1.82, 2.24) is 0 Å². The number of phenolic OH excluding ortho intramolecular Hbond substituents is 1. The Balaban J connectivity index is 0.000000491.